The molecule has 0 atom stereocenters. The van der Waals surface area contributed by atoms with Crippen molar-refractivity contribution in [2.24, 2.45) is 10.7 Å². The van der Waals surface area contributed by atoms with Crippen LogP contribution in [0.3, 0.4) is 0 Å². The topological polar surface area (TPSA) is 38.4 Å². The van der Waals surface area contributed by atoms with Crippen molar-refractivity contribution in [3.05, 3.63) is 11.8 Å². The smallest absolute Gasteiger partial charge is 0.279 e. The lowest BCUT2D eigenvalue weighted by atomic mass is 10.3. The third-order valence-corrected chi connectivity index (χ3v) is 1.05. The van der Waals surface area contributed by atoms with Gasteiger partial charge in [-0.3, -0.25) is 4.99 Å². The van der Waals surface area contributed by atoms with Crippen LogP contribution in [0.4, 0.5) is 17.6 Å². The predicted octanol–water partition coefficient (Wildman–Crippen LogP) is 1.43. The van der Waals surface area contributed by atoms with Gasteiger partial charge in [0.05, 0.1) is 5.70 Å². The molecule has 0 radical (unpaired) electrons. The van der Waals surface area contributed by atoms with Crippen molar-refractivity contribution in [3.63, 3.8) is 0 Å². The van der Waals surface area contributed by atoms with Gasteiger partial charge in [-0.15, -0.1) is 0 Å². The zero-order chi connectivity index (χ0) is 9.72. The van der Waals surface area contributed by atoms with Gasteiger partial charge in [0.15, 0.2) is 0 Å². The van der Waals surface area contributed by atoms with Crippen LogP contribution in [-0.4, -0.2) is 25.6 Å². The van der Waals surface area contributed by atoms with Crippen LogP contribution in [0.5, 0.6) is 0 Å². The summed E-state index contributed by atoms with van der Waals surface area (Å²) in [6, 6.07) is 0. The second-order valence-electron chi connectivity index (χ2n) is 1.89. The van der Waals surface area contributed by atoms with E-state index in [2.05, 4.69) is 4.99 Å². The summed E-state index contributed by atoms with van der Waals surface area (Å²) in [4.78, 5) is 3.09. The lowest BCUT2D eigenvalue weighted by Crippen LogP contribution is -2.14. The van der Waals surface area contributed by atoms with Gasteiger partial charge in [0, 0.05) is 7.05 Å². The number of alkyl halides is 4. The van der Waals surface area contributed by atoms with Crippen LogP contribution in [0.1, 0.15) is 0 Å². The summed E-state index contributed by atoms with van der Waals surface area (Å²) in [5, 5.41) is 0. The molecule has 0 aromatic heterocycles. The molecular weight excluding hydrogens is 176 g/mol. The van der Waals surface area contributed by atoms with Crippen LogP contribution < -0.4 is 5.73 Å². The van der Waals surface area contributed by atoms with Gasteiger partial charge in [0.25, 0.3) is 12.9 Å². The molecule has 0 aliphatic rings. The van der Waals surface area contributed by atoms with Crippen LogP contribution in [0.25, 0.3) is 0 Å². The molecule has 0 rings (SSSR count). The van der Waals surface area contributed by atoms with Gasteiger partial charge < -0.3 is 5.73 Å². The zero-order valence-electron chi connectivity index (χ0n) is 6.27. The molecule has 2 N–H and O–H groups in total. The fourth-order valence-corrected chi connectivity index (χ4v) is 0.459. The second kappa shape index (κ2) is 4.74. The van der Waals surface area contributed by atoms with Crippen molar-refractivity contribution in [2.75, 3.05) is 7.05 Å². The minimum Gasteiger partial charge on any atom is -0.397 e. The highest BCUT2D eigenvalue weighted by atomic mass is 19.3. The van der Waals surface area contributed by atoms with Crippen molar-refractivity contribution >= 4 is 5.71 Å². The summed E-state index contributed by atoms with van der Waals surface area (Å²) in [7, 11) is 1.08. The average molecular weight is 184 g/mol. The van der Waals surface area contributed by atoms with Crippen molar-refractivity contribution in [1.29, 1.82) is 0 Å². The molecule has 0 fully saturated rings. The molecule has 0 saturated heterocycles. The molecule has 0 heterocycles. The van der Waals surface area contributed by atoms with Gasteiger partial charge >= 0.3 is 0 Å². The van der Waals surface area contributed by atoms with E-state index >= 15 is 0 Å². The van der Waals surface area contributed by atoms with Gasteiger partial charge in [-0.05, 0) is 6.08 Å². The third-order valence-electron chi connectivity index (χ3n) is 1.05. The zero-order valence-corrected chi connectivity index (χ0v) is 6.27. The molecule has 70 valence electrons. The van der Waals surface area contributed by atoms with Crippen molar-refractivity contribution in [2.45, 2.75) is 12.9 Å². The standard InChI is InChI=1S/C6H8F4N2/c1-12-4(6(9)10)2-3(11)5(7)8/h2,5-6H,11H2,1H3/b3-2-,12-4?. The summed E-state index contributed by atoms with van der Waals surface area (Å²) in [5.41, 5.74) is 3.08. The fraction of sp³-hybridized carbons (Fsp3) is 0.500. The maximum Gasteiger partial charge on any atom is 0.279 e. The summed E-state index contributed by atoms with van der Waals surface area (Å²) < 4.78 is 47.1. The number of hydrogen-bond acceptors (Lipinski definition) is 2. The number of rotatable bonds is 3. The first-order chi connectivity index (χ1) is 5.49. The normalized spacial score (nSPS) is 14.6. The van der Waals surface area contributed by atoms with E-state index in [9.17, 15) is 17.6 Å². The minimum atomic E-state index is -2.93. The monoisotopic (exact) mass is 184 g/mol. The molecule has 0 aromatic carbocycles. The Bertz CT molecular complexity index is 198. The molecule has 0 amide bonds. The highest BCUT2D eigenvalue weighted by molar-refractivity contribution is 5.97. The third kappa shape index (κ3) is 3.36. The van der Waals surface area contributed by atoms with Crippen molar-refractivity contribution in [3.8, 4) is 0 Å². The summed E-state index contributed by atoms with van der Waals surface area (Å²) >= 11 is 0. The molecule has 0 bridgehead atoms. The molecule has 0 unspecified atom stereocenters. The van der Waals surface area contributed by atoms with E-state index in [1.165, 1.54) is 0 Å². The van der Waals surface area contributed by atoms with Gasteiger partial charge in [0.1, 0.15) is 5.71 Å². The molecular formula is C6H8F4N2. The van der Waals surface area contributed by atoms with Gasteiger partial charge in [0.2, 0.25) is 0 Å². The first-order valence-electron chi connectivity index (χ1n) is 2.99. The van der Waals surface area contributed by atoms with Crippen LogP contribution in [0.15, 0.2) is 16.8 Å². The molecule has 2 nitrogen and oxygen atoms in total. The number of aliphatic imine (C=N–C) groups is 1. The lowest BCUT2D eigenvalue weighted by molar-refractivity contribution is 0.187. The second-order valence-corrected chi connectivity index (χ2v) is 1.89. The Labute approximate surface area is 66.8 Å². The molecule has 12 heavy (non-hydrogen) atoms. The summed E-state index contributed by atoms with van der Waals surface area (Å²) in [6.45, 7) is 0. The quantitative estimate of drug-likeness (QED) is 0.523. The van der Waals surface area contributed by atoms with Crippen molar-refractivity contribution < 1.29 is 17.6 Å². The van der Waals surface area contributed by atoms with E-state index in [1.807, 2.05) is 0 Å². The number of nitrogens with zero attached hydrogens (tertiary/aromatic N) is 1. The largest absolute Gasteiger partial charge is 0.397 e. The number of nitrogens with two attached hydrogens (primary N) is 1. The van der Waals surface area contributed by atoms with E-state index in [0.29, 0.717) is 6.08 Å². The van der Waals surface area contributed by atoms with E-state index in [4.69, 9.17) is 5.73 Å². The number of halogens is 4. The molecule has 0 aromatic rings. The highest BCUT2D eigenvalue weighted by Gasteiger charge is 2.13. The van der Waals surface area contributed by atoms with Crippen LogP contribution in [0.2, 0.25) is 0 Å². The lowest BCUT2D eigenvalue weighted by Gasteiger charge is -2.00. The van der Waals surface area contributed by atoms with E-state index < -0.39 is 24.3 Å². The molecule has 0 saturated carbocycles. The molecule has 0 spiro atoms. The maximum absolute atomic E-state index is 11.8. The molecule has 6 heteroatoms. The average Bonchev–Trinajstić information content (AvgIpc) is 1.98. The highest BCUT2D eigenvalue weighted by Crippen LogP contribution is 2.05. The van der Waals surface area contributed by atoms with Crippen LogP contribution in [0, 0.1) is 0 Å². The Morgan fingerprint density at radius 3 is 2.00 bits per heavy atom. The Hall–Kier alpha value is -1.07. The first kappa shape index (κ1) is 10.9. The Balaban J connectivity index is 4.49. The van der Waals surface area contributed by atoms with Gasteiger partial charge in [-0.1, -0.05) is 0 Å². The summed E-state index contributed by atoms with van der Waals surface area (Å²) in [6.07, 6.45) is -5.33. The van der Waals surface area contributed by atoms with Crippen LogP contribution >= 0.6 is 0 Å². The van der Waals surface area contributed by atoms with E-state index in [1.54, 1.807) is 0 Å². The van der Waals surface area contributed by atoms with E-state index in [-0.39, 0.29) is 0 Å². The van der Waals surface area contributed by atoms with E-state index in [0.717, 1.165) is 7.05 Å². The number of hydrogen-bond donors (Lipinski definition) is 1. The van der Waals surface area contributed by atoms with Crippen molar-refractivity contribution in [1.82, 2.24) is 0 Å². The number of allylic oxidation sites excluding steroid dienone is 2. The minimum absolute atomic E-state index is 0.481. The van der Waals surface area contributed by atoms with Crippen LogP contribution in [-0.2, 0) is 0 Å². The Morgan fingerprint density at radius 2 is 1.75 bits per heavy atom. The van der Waals surface area contributed by atoms with Gasteiger partial charge in [-0.25, -0.2) is 17.6 Å². The Kier molecular flexibility index (Phi) is 4.31. The predicted molar refractivity (Wildman–Crippen MR) is 37.6 cm³/mol. The first-order valence-corrected chi connectivity index (χ1v) is 2.99. The Morgan fingerprint density at radius 1 is 1.25 bits per heavy atom. The SMILES string of the molecule is CN=C(/C=C(\N)C(F)F)C(F)F. The molecule has 0 aliphatic heterocycles. The van der Waals surface area contributed by atoms with Gasteiger partial charge in [-0.2, -0.15) is 0 Å². The summed E-state index contributed by atoms with van der Waals surface area (Å²) in [5.74, 6) is 0. The molecule has 0 aliphatic carbocycles. The fourth-order valence-electron chi connectivity index (χ4n) is 0.459. The maximum atomic E-state index is 11.8.